The van der Waals surface area contributed by atoms with Gasteiger partial charge < -0.3 is 16.1 Å². The number of fused-ring (bicyclic) bond motifs is 1. The van der Waals surface area contributed by atoms with E-state index in [4.69, 9.17) is 5.73 Å². The third kappa shape index (κ3) is 6.46. The minimum atomic E-state index is 0.116. The summed E-state index contributed by atoms with van der Waals surface area (Å²) in [6.45, 7) is 0. The molecule has 0 saturated carbocycles. The van der Waals surface area contributed by atoms with Gasteiger partial charge in [-0.3, -0.25) is 4.98 Å². The first-order valence-corrected chi connectivity index (χ1v) is 6.55. The number of benzene rings is 1. The van der Waals surface area contributed by atoms with Crippen LogP contribution in [0.2, 0.25) is 0 Å². The lowest BCUT2D eigenvalue weighted by atomic mass is 10.3. The quantitative estimate of drug-likeness (QED) is 0.284. The Morgan fingerprint density at radius 2 is 2.11 bits per heavy atom. The standard InChI is InChI=1S/C7H6N2.C3H3NS.CH5N3S/c1-2-4-7-6(3-1)8-5-9-7;1-2-5-3-4-1;2-1(5)4-3/h1-5H,(H,8,9);1-3H;3H2,(H3,2,4,5). The highest BCUT2D eigenvalue weighted by atomic mass is 32.1. The first-order valence-electron chi connectivity index (χ1n) is 5.20. The van der Waals surface area contributed by atoms with Crippen molar-refractivity contribution in [1.82, 2.24) is 20.4 Å². The molecule has 0 radical (unpaired) electrons. The molecule has 1 aromatic carbocycles. The van der Waals surface area contributed by atoms with Crippen LogP contribution >= 0.6 is 23.6 Å². The summed E-state index contributed by atoms with van der Waals surface area (Å²) in [4.78, 5) is 10.8. The van der Waals surface area contributed by atoms with Crippen LogP contribution in [0.15, 0.2) is 47.7 Å². The highest BCUT2D eigenvalue weighted by molar-refractivity contribution is 7.80. The molecular formula is C11H14N6S2. The second kappa shape index (κ2) is 8.97. The lowest BCUT2D eigenvalue weighted by Crippen LogP contribution is -2.34. The Morgan fingerprint density at radius 1 is 1.37 bits per heavy atom. The number of hydrogen-bond donors (Lipinski definition) is 4. The minimum absolute atomic E-state index is 0.116. The Hall–Kier alpha value is -2.03. The topological polar surface area (TPSA) is 106 Å². The predicted molar refractivity (Wildman–Crippen MR) is 82.3 cm³/mol. The number of nitrogens with zero attached hydrogens (tertiary/aromatic N) is 2. The summed E-state index contributed by atoms with van der Waals surface area (Å²) in [6.07, 6.45) is 3.47. The van der Waals surface area contributed by atoms with Crippen LogP contribution in [0, 0.1) is 0 Å². The van der Waals surface area contributed by atoms with E-state index in [1.54, 1.807) is 29.4 Å². The van der Waals surface area contributed by atoms with Crippen molar-refractivity contribution in [2.24, 2.45) is 11.6 Å². The molecule has 3 rings (SSSR count). The lowest BCUT2D eigenvalue weighted by molar-refractivity contribution is 1.03. The summed E-state index contributed by atoms with van der Waals surface area (Å²) in [5.74, 6) is 4.66. The van der Waals surface area contributed by atoms with Crippen molar-refractivity contribution >= 4 is 39.7 Å². The Labute approximate surface area is 119 Å². The molecule has 3 aromatic rings. The molecule has 6 nitrogen and oxygen atoms in total. The van der Waals surface area contributed by atoms with E-state index >= 15 is 0 Å². The van der Waals surface area contributed by atoms with E-state index in [0.29, 0.717) is 0 Å². The van der Waals surface area contributed by atoms with Crippen LogP contribution in [0.25, 0.3) is 11.0 Å². The van der Waals surface area contributed by atoms with E-state index in [0.717, 1.165) is 11.0 Å². The van der Waals surface area contributed by atoms with E-state index in [1.165, 1.54) is 0 Å². The SMILES string of the molecule is NNC(N)=S.c1ccc2[nH]cnc2c1.c1cscn1. The Kier molecular flexibility index (Phi) is 7.10. The predicted octanol–water partition coefficient (Wildman–Crippen LogP) is 1.40. The molecule has 100 valence electrons. The molecular weight excluding hydrogens is 280 g/mol. The van der Waals surface area contributed by atoms with Crippen LogP contribution in [-0.2, 0) is 0 Å². The van der Waals surface area contributed by atoms with E-state index in [1.807, 2.05) is 35.1 Å². The molecule has 0 bridgehead atoms. The fraction of sp³-hybridized carbons (Fsp3) is 0. The maximum atomic E-state index is 4.79. The van der Waals surface area contributed by atoms with Crippen molar-refractivity contribution in [3.05, 3.63) is 47.7 Å². The summed E-state index contributed by atoms with van der Waals surface area (Å²) in [5, 5.41) is 2.05. The van der Waals surface area contributed by atoms with Crippen LogP contribution in [0.5, 0.6) is 0 Å². The smallest absolute Gasteiger partial charge is 0.177 e. The molecule has 0 aliphatic carbocycles. The van der Waals surface area contributed by atoms with E-state index in [2.05, 4.69) is 33.0 Å². The van der Waals surface area contributed by atoms with Gasteiger partial charge in [-0.15, -0.1) is 11.3 Å². The maximum absolute atomic E-state index is 4.79. The number of thiocarbonyl (C=S) groups is 1. The average Bonchev–Trinajstić information content (AvgIpc) is 3.13. The molecule has 0 aliphatic heterocycles. The van der Waals surface area contributed by atoms with Crippen molar-refractivity contribution in [3.63, 3.8) is 0 Å². The van der Waals surface area contributed by atoms with Gasteiger partial charge in [0.05, 0.1) is 22.9 Å². The number of H-pyrrole nitrogens is 1. The van der Waals surface area contributed by atoms with Gasteiger partial charge in [-0.1, -0.05) is 12.1 Å². The molecule has 8 heteroatoms. The highest BCUT2D eigenvalue weighted by Crippen LogP contribution is 2.05. The molecule has 0 saturated heterocycles. The molecule has 2 heterocycles. The van der Waals surface area contributed by atoms with Gasteiger partial charge in [0.2, 0.25) is 0 Å². The van der Waals surface area contributed by atoms with E-state index in [9.17, 15) is 0 Å². The van der Waals surface area contributed by atoms with Gasteiger partial charge in [0.1, 0.15) is 0 Å². The van der Waals surface area contributed by atoms with Gasteiger partial charge in [0, 0.05) is 11.6 Å². The molecule has 0 amide bonds. The number of hydrazine groups is 1. The zero-order valence-electron chi connectivity index (χ0n) is 9.98. The number of para-hydroxylation sites is 2. The number of rotatable bonds is 0. The summed E-state index contributed by atoms with van der Waals surface area (Å²) >= 11 is 5.84. The van der Waals surface area contributed by atoms with Crippen LogP contribution in [-0.4, -0.2) is 20.1 Å². The summed E-state index contributed by atoms with van der Waals surface area (Å²) in [6, 6.07) is 7.94. The van der Waals surface area contributed by atoms with Crippen molar-refractivity contribution in [2.75, 3.05) is 0 Å². The lowest BCUT2D eigenvalue weighted by Gasteiger charge is -1.85. The van der Waals surface area contributed by atoms with Crippen molar-refractivity contribution < 1.29 is 0 Å². The molecule has 6 N–H and O–H groups in total. The average molecular weight is 294 g/mol. The largest absolute Gasteiger partial charge is 0.375 e. The van der Waals surface area contributed by atoms with Gasteiger partial charge in [-0.05, 0) is 24.4 Å². The number of aromatic amines is 1. The maximum Gasteiger partial charge on any atom is 0.177 e. The molecule has 0 fully saturated rings. The van der Waals surface area contributed by atoms with Gasteiger partial charge in [-0.2, -0.15) is 0 Å². The molecule has 0 aliphatic rings. The normalized spacial score (nSPS) is 8.68. The molecule has 0 atom stereocenters. The van der Waals surface area contributed by atoms with Crippen LogP contribution in [0.4, 0.5) is 0 Å². The van der Waals surface area contributed by atoms with E-state index in [-0.39, 0.29) is 5.11 Å². The molecule has 2 aromatic heterocycles. The third-order valence-electron chi connectivity index (χ3n) is 1.82. The zero-order chi connectivity index (χ0) is 13.9. The van der Waals surface area contributed by atoms with Crippen LogP contribution in [0.1, 0.15) is 0 Å². The van der Waals surface area contributed by atoms with Gasteiger partial charge in [0.15, 0.2) is 5.11 Å². The van der Waals surface area contributed by atoms with Crippen molar-refractivity contribution in [3.8, 4) is 0 Å². The zero-order valence-corrected chi connectivity index (χ0v) is 11.6. The first kappa shape index (κ1) is 15.0. The van der Waals surface area contributed by atoms with E-state index < -0.39 is 0 Å². The number of aromatic nitrogens is 3. The number of thiazole rings is 1. The van der Waals surface area contributed by atoms with Crippen molar-refractivity contribution in [2.45, 2.75) is 0 Å². The van der Waals surface area contributed by atoms with Gasteiger partial charge in [0.25, 0.3) is 0 Å². The van der Waals surface area contributed by atoms with Gasteiger partial charge >= 0.3 is 0 Å². The number of nitrogens with one attached hydrogen (secondary N) is 2. The Balaban J connectivity index is 0.000000156. The number of hydrogen-bond acceptors (Lipinski definition) is 5. The van der Waals surface area contributed by atoms with Crippen molar-refractivity contribution in [1.29, 1.82) is 0 Å². The Morgan fingerprint density at radius 3 is 2.58 bits per heavy atom. The second-order valence-corrected chi connectivity index (χ2v) is 4.30. The Bertz CT molecular complexity index is 530. The fourth-order valence-corrected chi connectivity index (χ4v) is 1.41. The van der Waals surface area contributed by atoms with Crippen LogP contribution < -0.4 is 17.0 Å². The molecule has 19 heavy (non-hydrogen) atoms. The summed E-state index contributed by atoms with van der Waals surface area (Å²) < 4.78 is 0. The fourth-order valence-electron chi connectivity index (χ4n) is 1.06. The van der Waals surface area contributed by atoms with Crippen LogP contribution in [0.3, 0.4) is 0 Å². The number of imidazole rings is 1. The molecule has 0 spiro atoms. The first-order chi connectivity index (χ1) is 9.24. The second-order valence-electron chi connectivity index (χ2n) is 3.10. The third-order valence-corrected chi connectivity index (χ3v) is 2.46. The number of nitrogens with two attached hydrogens (primary N) is 2. The summed E-state index contributed by atoms with van der Waals surface area (Å²) in [5.41, 5.74) is 10.7. The molecule has 0 unspecified atom stereocenters. The summed E-state index contributed by atoms with van der Waals surface area (Å²) in [7, 11) is 0. The highest BCUT2D eigenvalue weighted by Gasteiger charge is 1.88. The van der Waals surface area contributed by atoms with Gasteiger partial charge in [-0.25, -0.2) is 10.8 Å². The monoisotopic (exact) mass is 294 g/mol. The minimum Gasteiger partial charge on any atom is -0.375 e.